The number of fused-ring (bicyclic) bond motifs is 2. The van der Waals surface area contributed by atoms with Crippen LogP contribution in [0.2, 0.25) is 0 Å². The highest BCUT2D eigenvalue weighted by molar-refractivity contribution is 5.75. The van der Waals surface area contributed by atoms with Crippen LogP contribution in [-0.4, -0.2) is 0 Å². The number of benzene rings is 2. The molecule has 2 aromatic rings. The molecule has 1 heteroatoms. The molecule has 0 radical (unpaired) electrons. The van der Waals surface area contributed by atoms with Crippen molar-refractivity contribution in [3.8, 4) is 0 Å². The minimum absolute atomic E-state index is 0.123. The lowest BCUT2D eigenvalue weighted by Crippen LogP contribution is -2.36. The van der Waals surface area contributed by atoms with E-state index in [9.17, 15) is 0 Å². The number of rotatable bonds is 2. The molecule has 0 atom stereocenters. The van der Waals surface area contributed by atoms with Crippen LogP contribution in [0.3, 0.4) is 0 Å². The Balaban J connectivity index is 2.33. The second-order valence-corrected chi connectivity index (χ2v) is 5.70. The maximum atomic E-state index is 3.58. The summed E-state index contributed by atoms with van der Waals surface area (Å²) in [5.41, 5.74) is 5.52. The number of nitrogens with one attached hydrogen (secondary N) is 1. The molecule has 2 aromatic carbocycles. The summed E-state index contributed by atoms with van der Waals surface area (Å²) in [7, 11) is 0. The van der Waals surface area contributed by atoms with Gasteiger partial charge in [0.05, 0.1) is 0 Å². The van der Waals surface area contributed by atoms with Crippen LogP contribution in [0.4, 0.5) is 11.4 Å². The molecule has 19 heavy (non-hydrogen) atoms. The highest BCUT2D eigenvalue weighted by Crippen LogP contribution is 2.51. The van der Waals surface area contributed by atoms with Gasteiger partial charge in [0.2, 0.25) is 0 Å². The van der Waals surface area contributed by atoms with E-state index < -0.39 is 0 Å². The third-order valence-electron chi connectivity index (χ3n) is 4.63. The molecule has 0 aliphatic carbocycles. The Morgan fingerprint density at radius 1 is 0.895 bits per heavy atom. The summed E-state index contributed by atoms with van der Waals surface area (Å²) >= 11 is 0. The van der Waals surface area contributed by atoms with Gasteiger partial charge in [0.25, 0.3) is 0 Å². The fraction of sp³-hybridized carbons (Fsp3) is 0.333. The quantitative estimate of drug-likeness (QED) is 0.783. The molecule has 0 unspecified atom stereocenters. The summed E-state index contributed by atoms with van der Waals surface area (Å²) in [5.74, 6) is 0.571. The van der Waals surface area contributed by atoms with Gasteiger partial charge in [0.1, 0.15) is 0 Å². The first kappa shape index (κ1) is 12.3. The average molecular weight is 251 g/mol. The van der Waals surface area contributed by atoms with Crippen LogP contribution in [-0.2, 0) is 5.41 Å². The molecule has 1 aliphatic heterocycles. The van der Waals surface area contributed by atoms with Crippen molar-refractivity contribution < 1.29 is 0 Å². The van der Waals surface area contributed by atoms with Crippen LogP contribution in [0.25, 0.3) is 0 Å². The minimum Gasteiger partial charge on any atom is -0.355 e. The topological polar surface area (TPSA) is 12.0 Å². The molecule has 0 bridgehead atoms. The summed E-state index contributed by atoms with van der Waals surface area (Å²) in [6, 6.07) is 17.5. The van der Waals surface area contributed by atoms with Crippen molar-refractivity contribution in [2.24, 2.45) is 5.92 Å². The van der Waals surface area contributed by atoms with Gasteiger partial charge in [0.15, 0.2) is 0 Å². The smallest absolute Gasteiger partial charge is 0.0426 e. The van der Waals surface area contributed by atoms with Crippen LogP contribution < -0.4 is 5.32 Å². The lowest BCUT2D eigenvalue weighted by Gasteiger charge is -2.44. The molecule has 0 fully saturated rings. The molecule has 0 amide bonds. The largest absolute Gasteiger partial charge is 0.355 e. The van der Waals surface area contributed by atoms with Gasteiger partial charge in [-0.3, -0.25) is 0 Å². The Kier molecular flexibility index (Phi) is 2.85. The van der Waals surface area contributed by atoms with Crippen LogP contribution >= 0.6 is 0 Å². The predicted molar refractivity (Wildman–Crippen MR) is 82.1 cm³/mol. The molecule has 0 aromatic heterocycles. The summed E-state index contributed by atoms with van der Waals surface area (Å²) < 4.78 is 0. The lowest BCUT2D eigenvalue weighted by molar-refractivity contribution is 0.358. The standard InChI is InChI=1S/C18H21N/c1-4-18(13(2)3)14-9-5-7-11-16(14)19-17-12-8-6-10-15(17)18/h5-13,19H,4H2,1-3H3. The zero-order valence-corrected chi connectivity index (χ0v) is 11.9. The fourth-order valence-electron chi connectivity index (χ4n) is 3.66. The number of hydrogen-bond acceptors (Lipinski definition) is 1. The zero-order chi connectivity index (χ0) is 13.5. The SMILES string of the molecule is CCC1(C(C)C)c2ccccc2Nc2ccccc21. The summed E-state index contributed by atoms with van der Waals surface area (Å²) in [5, 5.41) is 3.58. The van der Waals surface area contributed by atoms with E-state index in [1.54, 1.807) is 0 Å². The lowest BCUT2D eigenvalue weighted by atomic mass is 9.63. The molecule has 98 valence electrons. The van der Waals surface area contributed by atoms with Gasteiger partial charge in [-0.15, -0.1) is 0 Å². The van der Waals surface area contributed by atoms with Gasteiger partial charge in [-0.25, -0.2) is 0 Å². The third kappa shape index (κ3) is 1.61. The molecule has 0 saturated heterocycles. The normalized spacial score (nSPS) is 15.6. The Labute approximate surface area is 115 Å². The Morgan fingerprint density at radius 3 is 1.79 bits per heavy atom. The maximum Gasteiger partial charge on any atom is 0.0426 e. The first-order valence-corrected chi connectivity index (χ1v) is 7.16. The second-order valence-electron chi connectivity index (χ2n) is 5.70. The van der Waals surface area contributed by atoms with E-state index in [0.29, 0.717) is 5.92 Å². The molecular formula is C18H21N. The van der Waals surface area contributed by atoms with E-state index in [2.05, 4.69) is 74.6 Å². The van der Waals surface area contributed by atoms with Crippen molar-refractivity contribution in [3.05, 3.63) is 59.7 Å². The van der Waals surface area contributed by atoms with E-state index in [4.69, 9.17) is 0 Å². The van der Waals surface area contributed by atoms with Crippen LogP contribution in [0, 0.1) is 5.92 Å². The highest BCUT2D eigenvalue weighted by Gasteiger charge is 2.41. The number of para-hydroxylation sites is 2. The van der Waals surface area contributed by atoms with Crippen molar-refractivity contribution in [1.82, 2.24) is 0 Å². The van der Waals surface area contributed by atoms with Crippen molar-refractivity contribution in [3.63, 3.8) is 0 Å². The monoisotopic (exact) mass is 251 g/mol. The fourth-order valence-corrected chi connectivity index (χ4v) is 3.66. The van der Waals surface area contributed by atoms with Gasteiger partial charge in [-0.2, -0.15) is 0 Å². The summed E-state index contributed by atoms with van der Waals surface area (Å²) in [6.45, 7) is 6.98. The molecule has 3 rings (SSSR count). The Bertz CT molecular complexity index is 553. The molecule has 0 spiro atoms. The zero-order valence-electron chi connectivity index (χ0n) is 11.9. The molecule has 1 nitrogen and oxygen atoms in total. The molecule has 1 N–H and O–H groups in total. The summed E-state index contributed by atoms with van der Waals surface area (Å²) in [6.07, 6.45) is 1.13. The van der Waals surface area contributed by atoms with Gasteiger partial charge in [-0.1, -0.05) is 57.2 Å². The van der Waals surface area contributed by atoms with E-state index in [0.717, 1.165) is 6.42 Å². The Hall–Kier alpha value is -1.76. The van der Waals surface area contributed by atoms with E-state index >= 15 is 0 Å². The molecule has 0 saturated carbocycles. The van der Waals surface area contributed by atoms with Gasteiger partial charge < -0.3 is 5.32 Å². The van der Waals surface area contributed by atoms with Crippen LogP contribution in [0.5, 0.6) is 0 Å². The van der Waals surface area contributed by atoms with Crippen molar-refractivity contribution in [1.29, 1.82) is 0 Å². The predicted octanol–water partition coefficient (Wildman–Crippen LogP) is 5.10. The average Bonchev–Trinajstić information content (AvgIpc) is 2.44. The van der Waals surface area contributed by atoms with Crippen LogP contribution in [0.1, 0.15) is 38.3 Å². The molecular weight excluding hydrogens is 230 g/mol. The van der Waals surface area contributed by atoms with Crippen molar-refractivity contribution >= 4 is 11.4 Å². The molecule has 1 aliphatic rings. The van der Waals surface area contributed by atoms with E-state index in [1.165, 1.54) is 22.5 Å². The van der Waals surface area contributed by atoms with Crippen molar-refractivity contribution in [2.75, 3.05) is 5.32 Å². The van der Waals surface area contributed by atoms with Crippen LogP contribution in [0.15, 0.2) is 48.5 Å². The van der Waals surface area contributed by atoms with Gasteiger partial charge >= 0.3 is 0 Å². The first-order chi connectivity index (χ1) is 9.20. The highest BCUT2D eigenvalue weighted by atomic mass is 14.9. The van der Waals surface area contributed by atoms with E-state index in [1.807, 2.05) is 0 Å². The van der Waals surface area contributed by atoms with Gasteiger partial charge in [-0.05, 0) is 35.6 Å². The second kappa shape index (κ2) is 4.41. The number of hydrogen-bond donors (Lipinski definition) is 1. The maximum absolute atomic E-state index is 3.58. The number of anilines is 2. The van der Waals surface area contributed by atoms with Crippen molar-refractivity contribution in [2.45, 2.75) is 32.6 Å². The molecule has 1 heterocycles. The van der Waals surface area contributed by atoms with E-state index in [-0.39, 0.29) is 5.41 Å². The Morgan fingerprint density at radius 2 is 1.37 bits per heavy atom. The minimum atomic E-state index is 0.123. The van der Waals surface area contributed by atoms with Gasteiger partial charge in [0, 0.05) is 16.8 Å². The first-order valence-electron chi connectivity index (χ1n) is 7.16. The summed E-state index contributed by atoms with van der Waals surface area (Å²) in [4.78, 5) is 0. The third-order valence-corrected chi connectivity index (χ3v) is 4.63.